The van der Waals surface area contributed by atoms with Gasteiger partial charge in [0.15, 0.2) is 0 Å². The highest BCUT2D eigenvalue weighted by atomic mass is 16.5. The first-order valence-corrected chi connectivity index (χ1v) is 9.97. The zero-order chi connectivity index (χ0) is 19.3. The maximum atomic E-state index is 5.43. The monoisotopic (exact) mass is 383 g/mol. The van der Waals surface area contributed by atoms with Crippen LogP contribution in [0.15, 0.2) is 36.5 Å². The van der Waals surface area contributed by atoms with Crippen molar-refractivity contribution in [3.8, 4) is 5.75 Å². The van der Waals surface area contributed by atoms with Gasteiger partial charge >= 0.3 is 0 Å². The SMILES string of the molecule is COc1ccc(CN2CCC(N(C)c3ccnc(N4CCOCC4)n3)C2)cc1. The van der Waals surface area contributed by atoms with Gasteiger partial charge in [0.1, 0.15) is 11.6 Å². The van der Waals surface area contributed by atoms with E-state index in [-0.39, 0.29) is 0 Å². The third kappa shape index (κ3) is 4.36. The van der Waals surface area contributed by atoms with Gasteiger partial charge in [-0.15, -0.1) is 0 Å². The third-order valence-corrected chi connectivity index (χ3v) is 5.64. The molecule has 2 saturated heterocycles. The lowest BCUT2D eigenvalue weighted by molar-refractivity contribution is 0.122. The molecule has 1 aromatic carbocycles. The van der Waals surface area contributed by atoms with Crippen LogP contribution >= 0.6 is 0 Å². The topological polar surface area (TPSA) is 54.0 Å². The number of morpholine rings is 1. The van der Waals surface area contributed by atoms with Gasteiger partial charge in [0.25, 0.3) is 0 Å². The molecule has 2 aromatic rings. The van der Waals surface area contributed by atoms with Crippen LogP contribution in [-0.2, 0) is 11.3 Å². The van der Waals surface area contributed by atoms with E-state index in [1.165, 1.54) is 5.56 Å². The normalized spacial score (nSPS) is 20.4. The second kappa shape index (κ2) is 8.75. The summed E-state index contributed by atoms with van der Waals surface area (Å²) in [5.74, 6) is 2.70. The Morgan fingerprint density at radius 1 is 1.14 bits per heavy atom. The van der Waals surface area contributed by atoms with Crippen molar-refractivity contribution in [2.75, 3.05) is 63.4 Å². The summed E-state index contributed by atoms with van der Waals surface area (Å²) < 4.78 is 10.7. The number of ether oxygens (including phenoxy) is 2. The Hall–Kier alpha value is -2.38. The Labute approximate surface area is 166 Å². The van der Waals surface area contributed by atoms with E-state index in [0.717, 1.165) is 69.9 Å². The predicted molar refractivity (Wildman–Crippen MR) is 110 cm³/mol. The van der Waals surface area contributed by atoms with Crippen molar-refractivity contribution < 1.29 is 9.47 Å². The van der Waals surface area contributed by atoms with Crippen LogP contribution in [0.5, 0.6) is 5.75 Å². The summed E-state index contributed by atoms with van der Waals surface area (Å²) in [6.07, 6.45) is 3.01. The number of likely N-dealkylation sites (tertiary alicyclic amines) is 1. The van der Waals surface area contributed by atoms with Gasteiger partial charge in [0, 0.05) is 52.0 Å². The molecule has 3 heterocycles. The number of hydrogen-bond acceptors (Lipinski definition) is 7. The molecule has 0 spiro atoms. The maximum absolute atomic E-state index is 5.43. The summed E-state index contributed by atoms with van der Waals surface area (Å²) in [5, 5.41) is 0. The molecular weight excluding hydrogens is 354 g/mol. The molecule has 0 amide bonds. The van der Waals surface area contributed by atoms with Crippen LogP contribution in [0, 0.1) is 0 Å². The van der Waals surface area contributed by atoms with Gasteiger partial charge in [-0.1, -0.05) is 12.1 Å². The van der Waals surface area contributed by atoms with Crippen molar-refractivity contribution in [2.24, 2.45) is 0 Å². The van der Waals surface area contributed by atoms with Crippen molar-refractivity contribution in [1.29, 1.82) is 0 Å². The van der Waals surface area contributed by atoms with E-state index in [0.29, 0.717) is 6.04 Å². The maximum Gasteiger partial charge on any atom is 0.227 e. The van der Waals surface area contributed by atoms with E-state index < -0.39 is 0 Å². The van der Waals surface area contributed by atoms with Crippen LogP contribution in [0.1, 0.15) is 12.0 Å². The molecular formula is C21H29N5O2. The average Bonchev–Trinajstić information content (AvgIpc) is 3.23. The summed E-state index contributed by atoms with van der Waals surface area (Å²) >= 11 is 0. The predicted octanol–water partition coefficient (Wildman–Crippen LogP) is 2.03. The Kier molecular flexibility index (Phi) is 5.92. The molecule has 1 unspecified atom stereocenters. The summed E-state index contributed by atoms with van der Waals surface area (Å²) in [6, 6.07) is 10.8. The van der Waals surface area contributed by atoms with Crippen LogP contribution in [0.2, 0.25) is 0 Å². The first-order valence-electron chi connectivity index (χ1n) is 9.97. The number of aromatic nitrogens is 2. The van der Waals surface area contributed by atoms with E-state index in [4.69, 9.17) is 14.5 Å². The summed E-state index contributed by atoms with van der Waals surface area (Å²) in [6.45, 7) is 6.30. The summed E-state index contributed by atoms with van der Waals surface area (Å²) in [4.78, 5) is 16.3. The molecule has 28 heavy (non-hydrogen) atoms. The lowest BCUT2D eigenvalue weighted by Gasteiger charge is -2.29. The highest BCUT2D eigenvalue weighted by Crippen LogP contribution is 2.23. The lowest BCUT2D eigenvalue weighted by atomic mass is 10.2. The molecule has 4 rings (SSSR count). The Morgan fingerprint density at radius 3 is 2.68 bits per heavy atom. The van der Waals surface area contributed by atoms with E-state index in [1.54, 1.807) is 7.11 Å². The molecule has 0 aliphatic carbocycles. The van der Waals surface area contributed by atoms with E-state index in [2.05, 4.69) is 38.9 Å². The Morgan fingerprint density at radius 2 is 1.93 bits per heavy atom. The van der Waals surface area contributed by atoms with Gasteiger partial charge in [-0.2, -0.15) is 4.98 Å². The number of hydrogen-bond donors (Lipinski definition) is 0. The number of anilines is 2. The van der Waals surface area contributed by atoms with Crippen LogP contribution in [0.4, 0.5) is 11.8 Å². The number of rotatable bonds is 6. The van der Waals surface area contributed by atoms with E-state index in [1.807, 2.05) is 24.4 Å². The Balaban J connectivity index is 1.36. The molecule has 0 saturated carbocycles. The van der Waals surface area contributed by atoms with E-state index >= 15 is 0 Å². The number of benzene rings is 1. The fourth-order valence-corrected chi connectivity index (χ4v) is 3.90. The van der Waals surface area contributed by atoms with Crippen LogP contribution in [0.3, 0.4) is 0 Å². The third-order valence-electron chi connectivity index (χ3n) is 5.64. The van der Waals surface area contributed by atoms with Crippen LogP contribution in [-0.4, -0.2) is 74.5 Å². The number of nitrogens with zero attached hydrogens (tertiary/aromatic N) is 5. The quantitative estimate of drug-likeness (QED) is 0.756. The minimum absolute atomic E-state index is 0.464. The largest absolute Gasteiger partial charge is 0.497 e. The fraction of sp³-hybridized carbons (Fsp3) is 0.524. The van der Waals surface area contributed by atoms with Crippen molar-refractivity contribution in [3.63, 3.8) is 0 Å². The van der Waals surface area contributed by atoms with Gasteiger partial charge in [-0.05, 0) is 30.2 Å². The van der Waals surface area contributed by atoms with Crippen molar-refractivity contribution >= 4 is 11.8 Å². The molecule has 1 atom stereocenters. The van der Waals surface area contributed by atoms with Crippen molar-refractivity contribution in [1.82, 2.24) is 14.9 Å². The van der Waals surface area contributed by atoms with Crippen LogP contribution in [0.25, 0.3) is 0 Å². The molecule has 2 aliphatic heterocycles. The van der Waals surface area contributed by atoms with E-state index in [9.17, 15) is 0 Å². The second-order valence-corrected chi connectivity index (χ2v) is 7.45. The first-order chi connectivity index (χ1) is 13.7. The van der Waals surface area contributed by atoms with Gasteiger partial charge in [-0.25, -0.2) is 4.98 Å². The highest BCUT2D eigenvalue weighted by Gasteiger charge is 2.27. The zero-order valence-corrected chi connectivity index (χ0v) is 16.8. The standard InChI is InChI=1S/C21H29N5O2/c1-24(20-7-9-22-21(23-20)26-11-13-28-14-12-26)18-8-10-25(16-18)15-17-3-5-19(27-2)6-4-17/h3-7,9,18H,8,10-16H2,1-2H3. The first kappa shape index (κ1) is 19.0. The molecule has 7 heteroatoms. The fourth-order valence-electron chi connectivity index (χ4n) is 3.90. The van der Waals surface area contributed by atoms with Gasteiger partial charge in [0.2, 0.25) is 5.95 Å². The molecule has 0 N–H and O–H groups in total. The molecule has 0 radical (unpaired) electrons. The zero-order valence-electron chi connectivity index (χ0n) is 16.8. The van der Waals surface area contributed by atoms with Crippen LogP contribution < -0.4 is 14.5 Å². The summed E-state index contributed by atoms with van der Waals surface area (Å²) in [7, 11) is 3.85. The molecule has 150 valence electrons. The lowest BCUT2D eigenvalue weighted by Crippen LogP contribution is -2.38. The Bertz CT molecular complexity index is 764. The molecule has 2 fully saturated rings. The van der Waals surface area contributed by atoms with Gasteiger partial charge in [-0.3, -0.25) is 4.90 Å². The molecule has 1 aromatic heterocycles. The highest BCUT2D eigenvalue weighted by molar-refractivity contribution is 5.44. The van der Waals surface area contributed by atoms with Gasteiger partial charge in [0.05, 0.1) is 20.3 Å². The minimum atomic E-state index is 0.464. The molecule has 0 bridgehead atoms. The van der Waals surface area contributed by atoms with Gasteiger partial charge < -0.3 is 19.3 Å². The second-order valence-electron chi connectivity index (χ2n) is 7.45. The number of methoxy groups -OCH3 is 1. The average molecular weight is 383 g/mol. The number of likely N-dealkylation sites (N-methyl/N-ethyl adjacent to an activating group) is 1. The van der Waals surface area contributed by atoms with Crippen molar-refractivity contribution in [2.45, 2.75) is 19.0 Å². The molecule has 7 nitrogen and oxygen atoms in total. The minimum Gasteiger partial charge on any atom is -0.497 e. The van der Waals surface area contributed by atoms with Crippen molar-refractivity contribution in [3.05, 3.63) is 42.1 Å². The smallest absolute Gasteiger partial charge is 0.227 e. The summed E-state index contributed by atoms with van der Waals surface area (Å²) in [5.41, 5.74) is 1.32. The molecule has 2 aliphatic rings.